The Hall–Kier alpha value is -0.535. The van der Waals surface area contributed by atoms with Crippen molar-refractivity contribution in [3.8, 4) is 0 Å². The van der Waals surface area contributed by atoms with Gasteiger partial charge in [-0.3, -0.25) is 0 Å². The summed E-state index contributed by atoms with van der Waals surface area (Å²) < 4.78 is 0. The molecule has 0 unspecified atom stereocenters. The normalized spacial score (nSPS) is 4.65. The molecular weight excluding hydrogens is 1180 g/mol. The second-order valence-electron chi connectivity index (χ2n) is 1.17. The van der Waals surface area contributed by atoms with Crippen LogP contribution in [0.1, 0.15) is 0 Å². The van der Waals surface area contributed by atoms with Crippen LogP contribution in [0.15, 0.2) is 0 Å². The fourth-order valence-corrected chi connectivity index (χ4v) is 0. The van der Waals surface area contributed by atoms with Gasteiger partial charge in [0.15, 0.2) is 0 Å². The van der Waals surface area contributed by atoms with Crippen molar-refractivity contribution in [2.45, 2.75) is 0 Å². The predicted octanol–water partition coefficient (Wildman–Crippen LogP) is 2.71. The molecular formula is H34Cl4N14O16Pt3. The second-order valence-corrected chi connectivity index (χ2v) is 20.9. The van der Waals surface area contributed by atoms with Crippen LogP contribution in [0.5, 0.6) is 0 Å². The Labute approximate surface area is 255 Å². The van der Waals surface area contributed by atoms with Crippen molar-refractivity contribution < 1.29 is 96.3 Å². The van der Waals surface area contributed by atoms with E-state index in [-0.39, 0.29) is 126 Å². The van der Waals surface area contributed by atoms with Crippen LogP contribution in [0.4, 0.5) is 0 Å². The van der Waals surface area contributed by atoms with Gasteiger partial charge in [-0.2, -0.15) is 0 Å². The van der Waals surface area contributed by atoms with Gasteiger partial charge in [0.2, 0.25) is 0 Å². The summed E-state index contributed by atoms with van der Waals surface area (Å²) in [5.74, 6) is 0. The van der Waals surface area contributed by atoms with Crippen molar-refractivity contribution in [2.75, 3.05) is 0 Å². The Morgan fingerprint density at radius 2 is 0.351 bits per heavy atom. The summed E-state index contributed by atoms with van der Waals surface area (Å²) in [6.45, 7) is 0. The molecule has 0 amide bonds. The maximum atomic E-state index is 8.25. The summed E-state index contributed by atoms with van der Waals surface area (Å²) in [6, 6.07) is 0. The first-order valence-electron chi connectivity index (χ1n) is 2.67. The van der Waals surface area contributed by atoms with Crippen LogP contribution in [-0.2, 0) is 54.0 Å². The summed E-state index contributed by atoms with van der Waals surface area (Å²) in [6.07, 6.45) is 0. The third kappa shape index (κ3) is 139000. The zero-order valence-corrected chi connectivity index (χ0v) is 27.8. The van der Waals surface area contributed by atoms with Crippen molar-refractivity contribution >= 4 is 37.7 Å². The maximum Gasteiger partial charge on any atom is 4.00 e. The van der Waals surface area contributed by atoms with E-state index in [1.54, 1.807) is 0 Å². The molecule has 0 fully saturated rings. The second kappa shape index (κ2) is 138. The molecule has 0 saturated carbocycles. The van der Waals surface area contributed by atoms with Crippen molar-refractivity contribution in [1.29, 1.82) is 0 Å². The smallest absolute Gasteiger partial charge is 0.870 e. The van der Waals surface area contributed by atoms with E-state index in [1.165, 1.54) is 0 Å². The van der Waals surface area contributed by atoms with Crippen molar-refractivity contribution in [3.05, 3.63) is 61.3 Å². The monoisotopic (exact) mass is 1210 g/mol. The van der Waals surface area contributed by atoms with Gasteiger partial charge in [0.1, 0.15) is 0 Å². The van der Waals surface area contributed by atoms with Crippen LogP contribution in [-0.4, -0.2) is 42.3 Å². The molecule has 0 aromatic rings. The Kier molecular flexibility index (Phi) is 716. The Bertz CT molecular complexity index is 262. The van der Waals surface area contributed by atoms with Gasteiger partial charge in [-0.25, -0.2) is 0 Å². The molecule has 0 atom stereocenters. The predicted molar refractivity (Wildman–Crippen MR) is 123 cm³/mol. The van der Waals surface area contributed by atoms with Crippen molar-refractivity contribution in [2.24, 2.45) is 0 Å². The van der Waals surface area contributed by atoms with Crippen molar-refractivity contribution in [3.63, 3.8) is 0 Å². The van der Waals surface area contributed by atoms with Gasteiger partial charge in [-0.05, 0) is 0 Å². The van der Waals surface area contributed by atoms with Gasteiger partial charge in [0, 0.05) is 0 Å². The number of hydrogen-bond acceptors (Lipinski definition) is 26. The van der Waals surface area contributed by atoms with Gasteiger partial charge in [-0.15, -0.1) is 0 Å². The molecule has 37 heavy (non-hydrogen) atoms. The first kappa shape index (κ1) is 192. The van der Waals surface area contributed by atoms with E-state index in [0.717, 1.165) is 0 Å². The van der Waals surface area contributed by atoms with Gasteiger partial charge >= 0.3 is 91.7 Å². The number of rotatable bonds is 0. The molecule has 0 bridgehead atoms. The minimum Gasteiger partial charge on any atom is -0.870 e. The number of halogens is 4. The van der Waals surface area contributed by atoms with Gasteiger partial charge < -0.3 is 145 Å². The molecule has 258 valence electrons. The topological polar surface area (TPSA) is 735 Å². The van der Waals surface area contributed by atoms with Crippen LogP contribution in [0, 0.1) is 61.3 Å². The first-order chi connectivity index (χ1) is 8.93. The maximum absolute atomic E-state index is 8.25. The molecule has 37 heteroatoms. The minimum atomic E-state index is -3.06. The standard InChI is InChI=1S/4ClH.4NO3.10H3N.4H2O.3Pt/c;;;;4*2-1(3)4;;;;;;;;;;;;;;;;;/h4*1H;;;;;10*1H3;4*1H2;;;/q;;;;4*-1;;;;;;;;;;;;;;;3*+4/p-8. The fraction of sp³-hybridized carbons (Fsp3) is 0. The van der Waals surface area contributed by atoms with Gasteiger partial charge in [-0.1, -0.05) is 0 Å². The van der Waals surface area contributed by atoms with Crippen LogP contribution in [0.3, 0.4) is 0 Å². The molecule has 30 nitrogen and oxygen atoms in total. The van der Waals surface area contributed by atoms with Crippen LogP contribution < -0.4 is 61.5 Å². The molecule has 0 aliphatic carbocycles. The summed E-state index contributed by atoms with van der Waals surface area (Å²) in [4.78, 5) is 33.0. The molecule has 0 heterocycles. The quantitative estimate of drug-likeness (QED) is 0.123. The molecule has 0 aliphatic rings. The zero-order valence-electron chi connectivity index (χ0n) is 18.0. The van der Waals surface area contributed by atoms with Crippen LogP contribution in [0.2, 0.25) is 0 Å². The molecule has 0 rings (SSSR count). The average Bonchev–Trinajstić information content (AvgIpc) is 1.91. The molecule has 0 saturated heterocycles. The molecule has 0 aliphatic heterocycles. The van der Waals surface area contributed by atoms with E-state index >= 15 is 0 Å². The first-order valence-corrected chi connectivity index (χ1v) is 13.9. The van der Waals surface area contributed by atoms with Crippen LogP contribution in [0.25, 0.3) is 0 Å². The molecule has 0 aromatic heterocycles. The Morgan fingerprint density at radius 1 is 0.351 bits per heavy atom. The summed E-state index contributed by atoms with van der Waals surface area (Å²) >= 11 is -3.06. The van der Waals surface area contributed by atoms with E-state index in [2.05, 4.69) is 0 Å². The van der Waals surface area contributed by atoms with Crippen LogP contribution >= 0.6 is 37.7 Å². The molecule has 34 N–H and O–H groups in total. The van der Waals surface area contributed by atoms with E-state index in [9.17, 15) is 0 Å². The van der Waals surface area contributed by atoms with E-state index < -0.39 is 32.2 Å². The van der Waals surface area contributed by atoms with E-state index in [4.69, 9.17) is 99.0 Å². The largest absolute Gasteiger partial charge is 4.00 e. The third-order valence-electron chi connectivity index (χ3n) is 0. The van der Waals surface area contributed by atoms with E-state index in [0.29, 0.717) is 0 Å². The minimum absolute atomic E-state index is 0. The van der Waals surface area contributed by atoms with Gasteiger partial charge in [0.25, 0.3) is 0 Å². The third-order valence-corrected chi connectivity index (χ3v) is 0. The fourth-order valence-electron chi connectivity index (χ4n) is 0. The summed E-state index contributed by atoms with van der Waals surface area (Å²) in [5, 5.41) is 59.0. The Balaban J connectivity index is -0.00000000411. The van der Waals surface area contributed by atoms with Crippen molar-refractivity contribution in [1.82, 2.24) is 61.5 Å². The number of nitrogens with zero attached hydrogens (tertiary/aromatic N) is 4. The molecule has 0 spiro atoms. The molecule has 0 radical (unpaired) electrons. The zero-order chi connectivity index (χ0) is 18.8. The Morgan fingerprint density at radius 3 is 0.351 bits per heavy atom. The number of hydrogen-bond donors (Lipinski definition) is 10. The average molecular weight is 1210 g/mol. The SMILES string of the molecule is N.N.N.N.N.N.N.N.N.N.O=[N+]([O-])[O-].O=[N+]([O-])[O-].O=[N+]([O-])[O-].O=[N+]([O-])[O-].[Cl][Pt]([Cl])([Cl])[Cl].[OH-].[OH-].[OH-].[OH-].[Pt+4].[Pt+4]. The van der Waals surface area contributed by atoms with E-state index in [1.807, 2.05) is 0 Å². The molecule has 0 aromatic carbocycles. The summed E-state index contributed by atoms with van der Waals surface area (Å²) in [5.41, 5.74) is 0. The van der Waals surface area contributed by atoms with Gasteiger partial charge in [0.05, 0.1) is 20.3 Å². The summed E-state index contributed by atoms with van der Waals surface area (Å²) in [7, 11) is 20.0.